The first-order valence-electron chi connectivity index (χ1n) is 10.3. The summed E-state index contributed by atoms with van der Waals surface area (Å²) in [5.74, 6) is 0.452. The molecule has 0 bridgehead atoms. The zero-order valence-corrected chi connectivity index (χ0v) is 17.3. The highest BCUT2D eigenvalue weighted by Crippen LogP contribution is 2.24. The van der Waals surface area contributed by atoms with Crippen LogP contribution in [0, 0.1) is 5.92 Å². The average Bonchev–Trinajstić information content (AvgIpc) is 2.72. The maximum absolute atomic E-state index is 12.6. The molecular weight excluding hydrogens is 346 g/mol. The highest BCUT2D eigenvalue weighted by Gasteiger charge is 2.27. The Balaban J connectivity index is 1.47. The molecule has 0 N–H and O–H groups in total. The lowest BCUT2D eigenvalue weighted by Gasteiger charge is -2.31. The highest BCUT2D eigenvalue weighted by molar-refractivity contribution is 5.98. The molecule has 1 fully saturated rings. The monoisotopic (exact) mass is 377 g/mol. The third-order valence-electron chi connectivity index (χ3n) is 5.72. The number of ketones is 1. The van der Waals surface area contributed by atoms with Gasteiger partial charge in [0.15, 0.2) is 5.78 Å². The molecule has 3 nitrogen and oxygen atoms in total. The Morgan fingerprint density at radius 2 is 1.54 bits per heavy atom. The minimum Gasteiger partial charge on any atom is -0.343 e. The zero-order valence-electron chi connectivity index (χ0n) is 17.3. The van der Waals surface area contributed by atoms with Crippen LogP contribution in [0.5, 0.6) is 0 Å². The summed E-state index contributed by atoms with van der Waals surface area (Å²) in [6.07, 6.45) is 2.83. The van der Waals surface area contributed by atoms with Crippen molar-refractivity contribution in [2.24, 2.45) is 5.92 Å². The molecule has 3 rings (SSSR count). The van der Waals surface area contributed by atoms with Crippen molar-refractivity contribution in [3.63, 3.8) is 0 Å². The van der Waals surface area contributed by atoms with Gasteiger partial charge in [-0.2, -0.15) is 0 Å². The lowest BCUT2D eigenvalue weighted by atomic mass is 9.86. The van der Waals surface area contributed by atoms with Gasteiger partial charge in [0.1, 0.15) is 0 Å². The Kier molecular flexibility index (Phi) is 6.33. The van der Waals surface area contributed by atoms with Crippen molar-refractivity contribution >= 4 is 11.7 Å². The minimum absolute atomic E-state index is 0.0383. The Bertz CT molecular complexity index is 795. The summed E-state index contributed by atoms with van der Waals surface area (Å²) in [4.78, 5) is 27.1. The van der Waals surface area contributed by atoms with Crippen LogP contribution in [0.2, 0.25) is 0 Å². The van der Waals surface area contributed by atoms with Crippen LogP contribution in [0.15, 0.2) is 54.6 Å². The van der Waals surface area contributed by atoms with Gasteiger partial charge < -0.3 is 4.90 Å². The number of Topliss-reactive ketones (excluding diaryl/α,β-unsaturated/α-hetero) is 1. The molecule has 2 aromatic carbocycles. The number of amides is 1. The molecule has 1 aliphatic rings. The number of nitrogens with zero attached hydrogens (tertiary/aromatic N) is 1. The van der Waals surface area contributed by atoms with Gasteiger partial charge in [-0.3, -0.25) is 9.59 Å². The van der Waals surface area contributed by atoms with Crippen molar-refractivity contribution in [3.05, 3.63) is 71.3 Å². The van der Waals surface area contributed by atoms with Crippen molar-refractivity contribution < 1.29 is 9.59 Å². The second kappa shape index (κ2) is 8.72. The van der Waals surface area contributed by atoms with Crippen LogP contribution in [0.3, 0.4) is 0 Å². The number of piperidine rings is 1. The summed E-state index contributed by atoms with van der Waals surface area (Å²) in [6, 6.07) is 18.1. The van der Waals surface area contributed by atoms with E-state index in [0.29, 0.717) is 19.5 Å². The van der Waals surface area contributed by atoms with Gasteiger partial charge in [0.05, 0.1) is 0 Å². The van der Waals surface area contributed by atoms with E-state index in [-0.39, 0.29) is 23.0 Å². The van der Waals surface area contributed by atoms with Gasteiger partial charge >= 0.3 is 0 Å². The SMILES string of the molecule is CC(C)(C)c1ccc(CCC(=O)N2CCC(C(=O)c3ccccc3)CC2)cc1. The lowest BCUT2D eigenvalue weighted by Crippen LogP contribution is -2.40. The van der Waals surface area contributed by atoms with Crippen molar-refractivity contribution in [3.8, 4) is 0 Å². The number of carbonyl (C=O) groups excluding carboxylic acids is 2. The maximum Gasteiger partial charge on any atom is 0.222 e. The Labute approximate surface area is 168 Å². The summed E-state index contributed by atoms with van der Waals surface area (Å²) >= 11 is 0. The topological polar surface area (TPSA) is 37.4 Å². The fourth-order valence-electron chi connectivity index (χ4n) is 3.81. The van der Waals surface area contributed by atoms with Crippen molar-refractivity contribution in [1.29, 1.82) is 0 Å². The van der Waals surface area contributed by atoms with E-state index >= 15 is 0 Å². The molecule has 0 unspecified atom stereocenters. The number of benzene rings is 2. The molecule has 1 aliphatic heterocycles. The van der Waals surface area contributed by atoms with Crippen LogP contribution < -0.4 is 0 Å². The number of rotatable bonds is 5. The van der Waals surface area contributed by atoms with Gasteiger partial charge in [-0.05, 0) is 35.8 Å². The van der Waals surface area contributed by atoms with Gasteiger partial charge in [-0.1, -0.05) is 75.4 Å². The summed E-state index contributed by atoms with van der Waals surface area (Å²) in [6.45, 7) is 7.99. The summed E-state index contributed by atoms with van der Waals surface area (Å²) < 4.78 is 0. The molecule has 148 valence electrons. The number of hydrogen-bond acceptors (Lipinski definition) is 2. The summed E-state index contributed by atoms with van der Waals surface area (Å²) in [5, 5.41) is 0. The largest absolute Gasteiger partial charge is 0.343 e. The maximum atomic E-state index is 12.6. The van der Waals surface area contributed by atoms with Gasteiger partial charge in [-0.15, -0.1) is 0 Å². The highest BCUT2D eigenvalue weighted by atomic mass is 16.2. The van der Waals surface area contributed by atoms with E-state index in [1.807, 2.05) is 35.2 Å². The summed E-state index contributed by atoms with van der Waals surface area (Å²) in [7, 11) is 0. The molecule has 2 aromatic rings. The first kappa shape index (κ1) is 20.3. The predicted molar refractivity (Wildman–Crippen MR) is 114 cm³/mol. The Morgan fingerprint density at radius 3 is 2.11 bits per heavy atom. The van der Waals surface area contributed by atoms with E-state index in [1.54, 1.807) is 0 Å². The normalized spacial score (nSPS) is 15.5. The van der Waals surface area contributed by atoms with Gasteiger partial charge in [0, 0.05) is 31.0 Å². The molecule has 1 heterocycles. The van der Waals surface area contributed by atoms with Crippen molar-refractivity contribution in [1.82, 2.24) is 4.90 Å². The fourth-order valence-corrected chi connectivity index (χ4v) is 3.81. The number of hydrogen-bond donors (Lipinski definition) is 0. The Morgan fingerprint density at radius 1 is 0.929 bits per heavy atom. The molecule has 0 spiro atoms. The number of carbonyl (C=O) groups is 2. The van der Waals surface area contributed by atoms with E-state index in [4.69, 9.17) is 0 Å². The molecule has 3 heteroatoms. The van der Waals surface area contributed by atoms with Gasteiger partial charge in [-0.25, -0.2) is 0 Å². The molecule has 1 saturated heterocycles. The van der Waals surface area contributed by atoms with Crippen LogP contribution in [0.25, 0.3) is 0 Å². The number of likely N-dealkylation sites (tertiary alicyclic amines) is 1. The third kappa shape index (κ3) is 5.09. The van der Waals surface area contributed by atoms with Crippen LogP contribution in [-0.4, -0.2) is 29.7 Å². The van der Waals surface area contributed by atoms with Crippen LogP contribution in [0.1, 0.15) is 61.5 Å². The zero-order chi connectivity index (χ0) is 20.1. The molecule has 0 aromatic heterocycles. The van der Waals surface area contributed by atoms with E-state index in [2.05, 4.69) is 45.0 Å². The van der Waals surface area contributed by atoms with E-state index < -0.39 is 0 Å². The van der Waals surface area contributed by atoms with Crippen molar-refractivity contribution in [2.75, 3.05) is 13.1 Å². The Hall–Kier alpha value is -2.42. The predicted octanol–water partition coefficient (Wildman–Crippen LogP) is 5.04. The minimum atomic E-state index is 0.0383. The first-order valence-corrected chi connectivity index (χ1v) is 10.3. The molecule has 1 amide bonds. The fraction of sp³-hybridized carbons (Fsp3) is 0.440. The van der Waals surface area contributed by atoms with Gasteiger partial charge in [0.2, 0.25) is 5.91 Å². The number of aryl methyl sites for hydroxylation is 1. The van der Waals surface area contributed by atoms with E-state index in [1.165, 1.54) is 11.1 Å². The summed E-state index contributed by atoms with van der Waals surface area (Å²) in [5.41, 5.74) is 3.45. The second-order valence-corrected chi connectivity index (χ2v) is 8.83. The molecular formula is C25H31NO2. The molecule has 28 heavy (non-hydrogen) atoms. The standard InChI is InChI=1S/C25H31NO2/c1-25(2,3)22-12-9-19(10-13-22)11-14-23(27)26-17-15-21(16-18-26)24(28)20-7-5-4-6-8-20/h4-10,12-13,21H,11,14-18H2,1-3H3. The molecule has 0 radical (unpaired) electrons. The molecule has 0 atom stereocenters. The van der Waals surface area contributed by atoms with Crippen molar-refractivity contribution in [2.45, 2.75) is 51.9 Å². The smallest absolute Gasteiger partial charge is 0.222 e. The first-order chi connectivity index (χ1) is 13.3. The van der Waals surface area contributed by atoms with Crippen LogP contribution in [0.4, 0.5) is 0 Å². The molecule has 0 saturated carbocycles. The lowest BCUT2D eigenvalue weighted by molar-refractivity contribution is -0.132. The second-order valence-electron chi connectivity index (χ2n) is 8.83. The van der Waals surface area contributed by atoms with E-state index in [0.717, 1.165) is 24.8 Å². The third-order valence-corrected chi connectivity index (χ3v) is 5.72. The van der Waals surface area contributed by atoms with Crippen LogP contribution >= 0.6 is 0 Å². The average molecular weight is 378 g/mol. The van der Waals surface area contributed by atoms with Crippen LogP contribution in [-0.2, 0) is 16.6 Å². The van der Waals surface area contributed by atoms with E-state index in [9.17, 15) is 9.59 Å². The van der Waals surface area contributed by atoms with Gasteiger partial charge in [0.25, 0.3) is 0 Å². The molecule has 0 aliphatic carbocycles. The quantitative estimate of drug-likeness (QED) is 0.685.